The molecule has 12 nitrogen and oxygen atoms in total. The minimum absolute atomic E-state index is 0.0110. The summed E-state index contributed by atoms with van der Waals surface area (Å²) in [6.45, 7) is 18.8. The van der Waals surface area contributed by atoms with Crippen LogP contribution in [0.25, 0.3) is 32.9 Å². The van der Waals surface area contributed by atoms with E-state index in [-0.39, 0.29) is 94.1 Å². The molecule has 0 unspecified atom stereocenters. The lowest BCUT2D eigenvalue weighted by Gasteiger charge is -2.48. The van der Waals surface area contributed by atoms with Gasteiger partial charge in [0.25, 0.3) is 0 Å². The van der Waals surface area contributed by atoms with Crippen LogP contribution in [0.4, 0.5) is 19.4 Å². The average Bonchev–Trinajstić information content (AvgIpc) is 3.48. The molecule has 3 aliphatic heterocycles. The van der Waals surface area contributed by atoms with Crippen molar-refractivity contribution in [3.8, 4) is 34.4 Å². The van der Waals surface area contributed by atoms with E-state index in [0.717, 1.165) is 6.26 Å². The number of fused-ring (bicyclic) bond motifs is 6. The zero-order chi connectivity index (χ0) is 43.6. The molecule has 3 aliphatic rings. The lowest BCUT2D eigenvalue weighted by atomic mass is 9.95. The summed E-state index contributed by atoms with van der Waals surface area (Å²) in [5.74, 6) is 2.18. The van der Waals surface area contributed by atoms with Gasteiger partial charge in [0.15, 0.2) is 12.6 Å². The number of rotatable bonds is 8. The van der Waals surface area contributed by atoms with Crippen molar-refractivity contribution in [1.82, 2.24) is 19.9 Å². The first kappa shape index (κ1) is 43.5. The van der Waals surface area contributed by atoms with E-state index in [4.69, 9.17) is 23.9 Å². The maximum Gasteiger partial charge on any atom is 0.410 e. The number of ether oxygens (including phenoxy) is 4. The number of carbonyl (C=O) groups excluding carboxylic acids is 1. The molecule has 2 aromatic heterocycles. The molecule has 0 radical (unpaired) electrons. The number of benzene rings is 2. The molecule has 0 spiro atoms. The average molecular weight is 864 g/mol. The van der Waals surface area contributed by atoms with Crippen LogP contribution in [0.3, 0.4) is 0 Å². The van der Waals surface area contributed by atoms with Crippen molar-refractivity contribution in [2.75, 3.05) is 38.2 Å². The molecule has 3 atom stereocenters. The fraction of sp³-hybridized carbons (Fsp3) is 0.545. The van der Waals surface area contributed by atoms with Gasteiger partial charge in [-0.05, 0) is 73.8 Å². The lowest BCUT2D eigenvalue weighted by Crippen LogP contribution is -2.62. The maximum absolute atomic E-state index is 17.7. The van der Waals surface area contributed by atoms with E-state index >= 15 is 8.78 Å². The fourth-order valence-electron chi connectivity index (χ4n) is 9.80. The number of hydrogen-bond donors (Lipinski definition) is 0. The molecule has 322 valence electrons. The number of carbonyl (C=O) groups is 1. The Morgan fingerprint density at radius 3 is 2.32 bits per heavy atom. The number of sulfone groups is 1. The third-order valence-electron chi connectivity index (χ3n) is 12.3. The van der Waals surface area contributed by atoms with Crippen LogP contribution < -0.4 is 14.4 Å². The summed E-state index contributed by atoms with van der Waals surface area (Å²) < 4.78 is 83.9. The SMILES string of the molecule is COCOc1cc(-c2nc3c4c(nc(S(C)(=O)=O)nc4c2F)N2C[C@H]4CC[C@@H]([C@H]2CCO3)N4C(=O)OC(C)(C)C)c2c(C#C[Si](C(C)C)(C(C)C)C(C)C)c(F)ccc2c1. The molecule has 60 heavy (non-hydrogen) atoms. The summed E-state index contributed by atoms with van der Waals surface area (Å²) in [5.41, 5.74) is 3.38. The monoisotopic (exact) mass is 863 g/mol. The van der Waals surface area contributed by atoms with Crippen molar-refractivity contribution in [2.24, 2.45) is 0 Å². The molecule has 0 N–H and O–H groups in total. The van der Waals surface area contributed by atoms with Gasteiger partial charge in [0.2, 0.25) is 20.9 Å². The van der Waals surface area contributed by atoms with Gasteiger partial charge in [-0.3, -0.25) is 4.90 Å². The van der Waals surface area contributed by atoms with E-state index in [2.05, 4.69) is 63.0 Å². The van der Waals surface area contributed by atoms with Crippen LogP contribution in [0.1, 0.15) is 87.1 Å². The van der Waals surface area contributed by atoms with E-state index in [1.54, 1.807) is 23.1 Å². The number of piperazine rings is 1. The largest absolute Gasteiger partial charge is 0.477 e. The summed E-state index contributed by atoms with van der Waals surface area (Å²) >= 11 is 0. The number of amides is 1. The highest BCUT2D eigenvalue weighted by Gasteiger charge is 2.51. The molecular weight excluding hydrogens is 809 g/mol. The van der Waals surface area contributed by atoms with Crippen LogP contribution in [-0.2, 0) is 19.3 Å². The molecule has 2 bridgehead atoms. The summed E-state index contributed by atoms with van der Waals surface area (Å²) in [5, 5.41) is 0.344. The van der Waals surface area contributed by atoms with Crippen molar-refractivity contribution in [1.29, 1.82) is 0 Å². The summed E-state index contributed by atoms with van der Waals surface area (Å²) in [7, 11) is -4.98. The number of aromatic nitrogens is 3. The van der Waals surface area contributed by atoms with Gasteiger partial charge in [0.05, 0.1) is 30.3 Å². The minimum atomic E-state index is -4.09. The first-order valence-corrected chi connectivity index (χ1v) is 24.7. The Hall–Kier alpha value is -4.59. The van der Waals surface area contributed by atoms with Gasteiger partial charge in [-0.25, -0.2) is 36.9 Å². The zero-order valence-corrected chi connectivity index (χ0v) is 38.1. The minimum Gasteiger partial charge on any atom is -0.477 e. The van der Waals surface area contributed by atoms with Crippen LogP contribution in [0.15, 0.2) is 29.4 Å². The quantitative estimate of drug-likeness (QED) is 0.0729. The van der Waals surface area contributed by atoms with Crippen LogP contribution in [0, 0.1) is 23.1 Å². The third-order valence-corrected chi connectivity index (χ3v) is 19.4. The molecule has 5 heterocycles. The van der Waals surface area contributed by atoms with E-state index in [1.165, 1.54) is 13.2 Å². The molecule has 2 saturated heterocycles. The topological polar surface area (TPSA) is 133 Å². The number of halogens is 2. The molecule has 7 rings (SSSR count). The van der Waals surface area contributed by atoms with Crippen LogP contribution in [-0.4, -0.2) is 99.5 Å². The number of pyridine rings is 1. The molecule has 4 aromatic rings. The molecule has 1 amide bonds. The van der Waals surface area contributed by atoms with Gasteiger partial charge < -0.3 is 23.8 Å². The maximum atomic E-state index is 17.7. The Bertz CT molecular complexity index is 2510. The molecule has 2 fully saturated rings. The van der Waals surface area contributed by atoms with Crippen molar-refractivity contribution < 1.29 is 40.9 Å². The highest BCUT2D eigenvalue weighted by Crippen LogP contribution is 2.47. The van der Waals surface area contributed by atoms with Gasteiger partial charge in [-0.15, -0.1) is 5.54 Å². The van der Waals surface area contributed by atoms with Crippen molar-refractivity contribution in [3.63, 3.8) is 0 Å². The molecule has 0 saturated carbocycles. The Balaban J connectivity index is 1.49. The van der Waals surface area contributed by atoms with Crippen LogP contribution >= 0.6 is 0 Å². The fourth-order valence-corrected chi connectivity index (χ4v) is 15.5. The zero-order valence-electron chi connectivity index (χ0n) is 36.3. The Morgan fingerprint density at radius 2 is 1.68 bits per heavy atom. The smallest absolute Gasteiger partial charge is 0.410 e. The van der Waals surface area contributed by atoms with Gasteiger partial charge in [-0.2, -0.15) is 0 Å². The van der Waals surface area contributed by atoms with Crippen LogP contribution in [0.2, 0.25) is 16.6 Å². The summed E-state index contributed by atoms with van der Waals surface area (Å²) in [6, 6.07) is 5.26. The van der Waals surface area contributed by atoms with Gasteiger partial charge in [0.1, 0.15) is 47.7 Å². The van der Waals surface area contributed by atoms with Gasteiger partial charge in [0, 0.05) is 37.3 Å². The standard InChI is InChI=1S/C44H55F2N5O7SSi/c1-24(2)60(25(3)4,26(5)6)19-17-30-32(45)14-12-27-20-29(57-23-55-10)21-31(35(27)30)38-37(46)39-36-40(49-42(48-39)59(11,53)54)50-22-28-13-15-34(33(50)16-18-56-41(36)47-38)51(28)43(52)58-44(7,8)9/h12,14,20-21,24-26,28,33-34H,13,15-16,18,22-23H2,1-11H3/t28-,33-,34+/m1/s1. The number of hydrogen-bond acceptors (Lipinski definition) is 11. The van der Waals surface area contributed by atoms with E-state index in [0.29, 0.717) is 35.8 Å². The predicted molar refractivity (Wildman–Crippen MR) is 230 cm³/mol. The van der Waals surface area contributed by atoms with E-state index < -0.39 is 46.4 Å². The van der Waals surface area contributed by atoms with Crippen molar-refractivity contribution >= 4 is 51.5 Å². The second kappa shape index (κ2) is 16.0. The number of anilines is 1. The highest BCUT2D eigenvalue weighted by atomic mass is 32.2. The highest BCUT2D eigenvalue weighted by molar-refractivity contribution is 7.90. The summed E-state index contributed by atoms with van der Waals surface area (Å²) in [4.78, 5) is 31.0. The molecule has 16 heteroatoms. The second-order valence-corrected chi connectivity index (χ2v) is 25.6. The third kappa shape index (κ3) is 7.66. The number of nitrogens with zero attached hydrogens (tertiary/aromatic N) is 5. The molecular formula is C44H55F2N5O7SSi. The predicted octanol–water partition coefficient (Wildman–Crippen LogP) is 8.82. The Labute approximate surface area is 352 Å². The first-order chi connectivity index (χ1) is 28.2. The lowest BCUT2D eigenvalue weighted by molar-refractivity contribution is 0.00637. The number of methoxy groups -OCH3 is 1. The van der Waals surface area contributed by atoms with E-state index in [1.807, 2.05) is 25.7 Å². The van der Waals surface area contributed by atoms with Gasteiger partial charge >= 0.3 is 6.09 Å². The van der Waals surface area contributed by atoms with Gasteiger partial charge in [-0.1, -0.05) is 53.5 Å². The Morgan fingerprint density at radius 1 is 0.983 bits per heavy atom. The van der Waals surface area contributed by atoms with E-state index in [9.17, 15) is 13.2 Å². The second-order valence-electron chi connectivity index (χ2n) is 18.1. The van der Waals surface area contributed by atoms with Crippen LogP contribution in [0.5, 0.6) is 11.6 Å². The normalized spacial score (nSPS) is 19.3. The summed E-state index contributed by atoms with van der Waals surface area (Å²) in [6.07, 6.45) is 2.33. The Kier molecular flexibility index (Phi) is 11.6. The van der Waals surface area contributed by atoms with Crippen molar-refractivity contribution in [3.05, 3.63) is 41.5 Å². The first-order valence-electron chi connectivity index (χ1n) is 20.6. The molecule has 0 aliphatic carbocycles. The molecule has 2 aromatic carbocycles. The van der Waals surface area contributed by atoms with Crippen molar-refractivity contribution in [2.45, 2.75) is 127 Å².